The van der Waals surface area contributed by atoms with Gasteiger partial charge < -0.3 is 18.8 Å². The predicted molar refractivity (Wildman–Crippen MR) is 104 cm³/mol. The normalized spacial score (nSPS) is 12.2. The summed E-state index contributed by atoms with van der Waals surface area (Å²) in [6, 6.07) is 9.72. The zero-order valence-corrected chi connectivity index (χ0v) is 16.8. The Hall–Kier alpha value is -2.78. The van der Waals surface area contributed by atoms with E-state index in [0.717, 1.165) is 11.8 Å². The van der Waals surface area contributed by atoms with Crippen LogP contribution in [0.2, 0.25) is 5.02 Å². The summed E-state index contributed by atoms with van der Waals surface area (Å²) in [4.78, 5) is 13.8. The molecule has 0 radical (unpaired) electrons. The van der Waals surface area contributed by atoms with Crippen molar-refractivity contribution >= 4 is 29.3 Å². The van der Waals surface area contributed by atoms with Crippen molar-refractivity contribution in [2.24, 2.45) is 0 Å². The molecular weight excluding hydrogens is 421 g/mol. The molecule has 0 atom stereocenters. The molecule has 2 aromatic carbocycles. The third-order valence-corrected chi connectivity index (χ3v) is 5.39. The smallest absolute Gasteiger partial charge is 0.277 e. The van der Waals surface area contributed by atoms with Crippen LogP contribution in [0.5, 0.6) is 11.5 Å². The Morgan fingerprint density at radius 3 is 2.90 bits per heavy atom. The van der Waals surface area contributed by atoms with Crippen molar-refractivity contribution in [1.29, 1.82) is 0 Å². The molecule has 2 heterocycles. The average Bonchev–Trinajstić information content (AvgIpc) is 3.37. The van der Waals surface area contributed by atoms with Crippen LogP contribution in [0.15, 0.2) is 46.0 Å². The van der Waals surface area contributed by atoms with E-state index in [2.05, 4.69) is 10.2 Å². The Balaban J connectivity index is 1.36. The van der Waals surface area contributed by atoms with E-state index in [0.29, 0.717) is 23.0 Å². The minimum atomic E-state index is -0.449. The van der Waals surface area contributed by atoms with Crippen LogP contribution in [-0.4, -0.2) is 40.6 Å². The van der Waals surface area contributed by atoms with Crippen molar-refractivity contribution in [2.75, 3.05) is 19.6 Å². The number of fused-ring (bicyclic) bond motifs is 1. The van der Waals surface area contributed by atoms with Crippen LogP contribution < -0.4 is 9.47 Å². The number of ether oxygens (including phenoxy) is 2. The summed E-state index contributed by atoms with van der Waals surface area (Å²) in [5.41, 5.74) is 0.962. The Morgan fingerprint density at radius 2 is 2.07 bits per heavy atom. The number of aromatic nitrogens is 2. The van der Waals surface area contributed by atoms with Crippen molar-refractivity contribution in [3.63, 3.8) is 0 Å². The molecule has 10 heteroatoms. The molecule has 1 amide bonds. The fourth-order valence-corrected chi connectivity index (χ4v) is 3.58. The highest BCUT2D eigenvalue weighted by molar-refractivity contribution is 7.99. The van der Waals surface area contributed by atoms with Gasteiger partial charge in [0.25, 0.3) is 5.22 Å². The summed E-state index contributed by atoms with van der Waals surface area (Å²) in [7, 11) is 1.58. The van der Waals surface area contributed by atoms with Crippen LogP contribution in [0.4, 0.5) is 4.39 Å². The maximum absolute atomic E-state index is 13.9. The van der Waals surface area contributed by atoms with Crippen molar-refractivity contribution in [3.05, 3.63) is 52.8 Å². The second kappa shape index (κ2) is 8.30. The van der Waals surface area contributed by atoms with Crippen LogP contribution in [-0.2, 0) is 11.3 Å². The van der Waals surface area contributed by atoms with E-state index in [4.69, 9.17) is 25.5 Å². The lowest BCUT2D eigenvalue weighted by Gasteiger charge is -2.17. The number of rotatable bonds is 6. The Labute approximate surface area is 174 Å². The SMILES string of the molecule is CN(Cc1c(F)cccc1Cl)C(=O)CSc1nnc(-c2ccc3c(c2)OCO3)o1. The minimum Gasteiger partial charge on any atom is -0.454 e. The van der Waals surface area contributed by atoms with Gasteiger partial charge in [0.2, 0.25) is 18.6 Å². The van der Waals surface area contributed by atoms with Gasteiger partial charge in [0, 0.05) is 29.7 Å². The summed E-state index contributed by atoms with van der Waals surface area (Å²) in [6.45, 7) is 0.245. The number of halogens is 2. The van der Waals surface area contributed by atoms with E-state index in [1.807, 2.05) is 0 Å². The number of thioether (sulfide) groups is 1. The molecule has 4 rings (SSSR count). The van der Waals surface area contributed by atoms with Gasteiger partial charge in [-0.05, 0) is 30.3 Å². The van der Waals surface area contributed by atoms with Crippen LogP contribution in [0, 0.1) is 5.82 Å². The molecule has 0 fully saturated rings. The largest absolute Gasteiger partial charge is 0.454 e. The number of carbonyl (C=O) groups excluding carboxylic acids is 1. The van der Waals surface area contributed by atoms with Gasteiger partial charge in [-0.2, -0.15) is 0 Å². The molecule has 0 bridgehead atoms. The fraction of sp³-hybridized carbons (Fsp3) is 0.211. The molecule has 0 unspecified atom stereocenters. The summed E-state index contributed by atoms with van der Waals surface area (Å²) in [6.07, 6.45) is 0. The Kier molecular flexibility index (Phi) is 5.59. The van der Waals surface area contributed by atoms with Crippen molar-refractivity contribution in [2.45, 2.75) is 11.8 Å². The standard InChI is InChI=1S/C19H15ClFN3O4S/c1-24(8-12-13(20)3-2-4-14(12)21)17(25)9-29-19-23-22-18(28-19)11-5-6-15-16(7-11)27-10-26-15/h2-7H,8-10H2,1H3. The minimum absolute atomic E-state index is 0.0609. The van der Waals surface area contributed by atoms with Gasteiger partial charge in [0.1, 0.15) is 5.82 Å². The zero-order chi connectivity index (χ0) is 20.4. The Bertz CT molecular complexity index is 1040. The lowest BCUT2D eigenvalue weighted by molar-refractivity contribution is -0.127. The lowest BCUT2D eigenvalue weighted by Crippen LogP contribution is -2.28. The molecule has 1 aromatic heterocycles. The van der Waals surface area contributed by atoms with Crippen LogP contribution in [0.1, 0.15) is 5.56 Å². The monoisotopic (exact) mass is 435 g/mol. The van der Waals surface area contributed by atoms with Crippen molar-refractivity contribution < 1.29 is 23.1 Å². The molecule has 0 saturated heterocycles. The zero-order valence-electron chi connectivity index (χ0n) is 15.2. The van der Waals surface area contributed by atoms with Gasteiger partial charge >= 0.3 is 0 Å². The average molecular weight is 436 g/mol. The van der Waals surface area contributed by atoms with E-state index in [9.17, 15) is 9.18 Å². The van der Waals surface area contributed by atoms with Gasteiger partial charge in [-0.25, -0.2) is 4.39 Å². The van der Waals surface area contributed by atoms with Crippen molar-refractivity contribution in [1.82, 2.24) is 15.1 Å². The van der Waals surface area contributed by atoms with Crippen LogP contribution >= 0.6 is 23.4 Å². The molecule has 150 valence electrons. The van der Waals surface area contributed by atoms with Gasteiger partial charge in [-0.1, -0.05) is 29.4 Å². The summed E-state index contributed by atoms with van der Waals surface area (Å²) in [5, 5.41) is 8.49. The van der Waals surface area contributed by atoms with E-state index in [1.165, 1.54) is 17.0 Å². The molecule has 1 aliphatic heterocycles. The van der Waals surface area contributed by atoms with E-state index >= 15 is 0 Å². The summed E-state index contributed by atoms with van der Waals surface area (Å²) < 4.78 is 30.1. The quantitative estimate of drug-likeness (QED) is 0.541. The van der Waals surface area contributed by atoms with Crippen molar-refractivity contribution in [3.8, 4) is 23.0 Å². The lowest BCUT2D eigenvalue weighted by atomic mass is 10.2. The maximum atomic E-state index is 13.9. The molecule has 7 nitrogen and oxygen atoms in total. The van der Waals surface area contributed by atoms with Gasteiger partial charge in [-0.3, -0.25) is 4.79 Å². The molecule has 1 aliphatic rings. The Morgan fingerprint density at radius 1 is 1.24 bits per heavy atom. The molecule has 0 saturated carbocycles. The highest BCUT2D eigenvalue weighted by Crippen LogP contribution is 2.36. The fourth-order valence-electron chi connectivity index (χ4n) is 2.66. The van der Waals surface area contributed by atoms with E-state index < -0.39 is 5.82 Å². The first-order valence-corrected chi connectivity index (χ1v) is 9.91. The number of hydrogen-bond donors (Lipinski definition) is 0. The second-order valence-electron chi connectivity index (χ2n) is 6.18. The molecule has 0 aliphatic carbocycles. The molecule has 29 heavy (non-hydrogen) atoms. The number of carbonyl (C=O) groups is 1. The topological polar surface area (TPSA) is 77.7 Å². The highest BCUT2D eigenvalue weighted by atomic mass is 35.5. The van der Waals surface area contributed by atoms with Gasteiger partial charge in [0.15, 0.2) is 11.5 Å². The first kappa shape index (κ1) is 19.5. The number of amides is 1. The molecule has 3 aromatic rings. The number of hydrogen-bond acceptors (Lipinski definition) is 7. The number of benzene rings is 2. The van der Waals surface area contributed by atoms with Crippen LogP contribution in [0.3, 0.4) is 0 Å². The van der Waals surface area contributed by atoms with Crippen LogP contribution in [0.25, 0.3) is 11.5 Å². The second-order valence-corrected chi connectivity index (χ2v) is 7.51. The third kappa shape index (κ3) is 4.30. The highest BCUT2D eigenvalue weighted by Gasteiger charge is 2.19. The molecular formula is C19H15ClFN3O4S. The van der Waals surface area contributed by atoms with Gasteiger partial charge in [0.05, 0.1) is 5.75 Å². The van der Waals surface area contributed by atoms with E-state index in [1.54, 1.807) is 31.3 Å². The molecule has 0 spiro atoms. The van der Waals surface area contributed by atoms with Gasteiger partial charge in [-0.15, -0.1) is 10.2 Å². The molecule has 0 N–H and O–H groups in total. The first-order valence-electron chi connectivity index (χ1n) is 8.54. The first-order chi connectivity index (χ1) is 14.0. The number of nitrogens with zero attached hydrogens (tertiary/aromatic N) is 3. The summed E-state index contributed by atoms with van der Waals surface area (Å²) >= 11 is 7.12. The third-order valence-electron chi connectivity index (χ3n) is 4.23. The maximum Gasteiger partial charge on any atom is 0.277 e. The predicted octanol–water partition coefficient (Wildman–Crippen LogP) is 4.01. The van der Waals surface area contributed by atoms with E-state index in [-0.39, 0.29) is 40.8 Å². The summed E-state index contributed by atoms with van der Waals surface area (Å²) in [5.74, 6) is 0.965.